The lowest BCUT2D eigenvalue weighted by atomic mass is 10.1. The molecule has 246 valence electrons. The van der Waals surface area contributed by atoms with Crippen molar-refractivity contribution in [2.45, 2.75) is 51.6 Å². The molecule has 0 unspecified atom stereocenters. The Bertz CT molecular complexity index is 1470. The third-order valence-electron chi connectivity index (χ3n) is 6.71. The zero-order valence-electron chi connectivity index (χ0n) is 25.4. The Hall–Kier alpha value is -5.00. The van der Waals surface area contributed by atoms with Crippen LogP contribution >= 0.6 is 0 Å². The van der Waals surface area contributed by atoms with Crippen molar-refractivity contribution in [3.05, 3.63) is 89.0 Å². The number of anilines is 2. The molecule has 0 spiro atoms. The minimum absolute atomic E-state index is 0.0899. The molecule has 0 heterocycles. The van der Waals surface area contributed by atoms with Gasteiger partial charge in [-0.15, -0.1) is 0 Å². The molecule has 0 saturated heterocycles. The molecule has 0 saturated carbocycles. The molecule has 9 nitrogen and oxygen atoms in total. The zero-order chi connectivity index (χ0) is 33.5. The van der Waals surface area contributed by atoms with E-state index in [4.69, 9.17) is 30.4 Å². The number of nitrogens with two attached hydrogens (primary N) is 2. The summed E-state index contributed by atoms with van der Waals surface area (Å²) in [5.74, 6) is -0.948. The average Bonchev–Trinajstić information content (AvgIpc) is 3.02. The van der Waals surface area contributed by atoms with Crippen LogP contribution in [-0.4, -0.2) is 43.9 Å². The lowest BCUT2D eigenvalue weighted by Crippen LogP contribution is -2.10. The van der Waals surface area contributed by atoms with Crippen LogP contribution in [0.5, 0.6) is 11.5 Å². The van der Waals surface area contributed by atoms with Crippen LogP contribution in [0.2, 0.25) is 0 Å². The second kappa shape index (κ2) is 17.5. The van der Waals surface area contributed by atoms with Crippen LogP contribution in [0.1, 0.15) is 70.4 Å². The minimum atomic E-state index is -4.22. The largest absolute Gasteiger partial charge is 0.494 e. The van der Waals surface area contributed by atoms with Crippen molar-refractivity contribution in [2.24, 2.45) is 0 Å². The molecule has 0 aromatic heterocycles. The molecular formula is C34H37F3N2O7. The molecule has 0 radical (unpaired) electrons. The second-order valence-corrected chi connectivity index (χ2v) is 10.4. The molecule has 0 aliphatic carbocycles. The van der Waals surface area contributed by atoms with E-state index in [1.807, 2.05) is 0 Å². The fraction of sp³-hybridized carbons (Fsp3) is 0.324. The van der Waals surface area contributed by atoms with Crippen LogP contribution in [0, 0.1) is 6.92 Å². The van der Waals surface area contributed by atoms with Gasteiger partial charge >= 0.3 is 24.1 Å². The fourth-order valence-electron chi connectivity index (χ4n) is 4.03. The minimum Gasteiger partial charge on any atom is -0.494 e. The predicted molar refractivity (Wildman–Crippen MR) is 167 cm³/mol. The van der Waals surface area contributed by atoms with E-state index in [2.05, 4.69) is 0 Å². The third kappa shape index (κ3) is 12.5. The average molecular weight is 643 g/mol. The maximum Gasteiger partial charge on any atom is 0.389 e. The molecule has 3 aromatic rings. The van der Waals surface area contributed by atoms with E-state index < -0.39 is 30.5 Å². The smallest absolute Gasteiger partial charge is 0.389 e. The Balaban J connectivity index is 1.28. The van der Waals surface area contributed by atoms with E-state index >= 15 is 0 Å². The van der Waals surface area contributed by atoms with Gasteiger partial charge in [-0.05, 0) is 105 Å². The van der Waals surface area contributed by atoms with Crippen molar-refractivity contribution >= 4 is 35.4 Å². The number of esters is 3. The summed E-state index contributed by atoms with van der Waals surface area (Å²) < 4.78 is 57.7. The van der Waals surface area contributed by atoms with Crippen LogP contribution in [0.25, 0.3) is 6.08 Å². The first-order valence-corrected chi connectivity index (χ1v) is 14.7. The molecule has 0 atom stereocenters. The number of ether oxygens (including phenoxy) is 4. The maximum absolute atomic E-state index is 12.4. The van der Waals surface area contributed by atoms with Gasteiger partial charge in [0.2, 0.25) is 0 Å². The molecule has 0 amide bonds. The summed E-state index contributed by atoms with van der Waals surface area (Å²) in [6.45, 7) is 2.20. The van der Waals surface area contributed by atoms with Crippen molar-refractivity contribution in [3.8, 4) is 11.5 Å². The molecule has 0 aliphatic rings. The van der Waals surface area contributed by atoms with Gasteiger partial charge in [0.05, 0.1) is 30.9 Å². The zero-order valence-corrected chi connectivity index (χ0v) is 25.4. The highest BCUT2D eigenvalue weighted by Gasteiger charge is 2.26. The van der Waals surface area contributed by atoms with Crippen molar-refractivity contribution < 1.29 is 46.5 Å². The number of hydrogen-bond acceptors (Lipinski definition) is 9. The quantitative estimate of drug-likeness (QED) is 0.0552. The van der Waals surface area contributed by atoms with Gasteiger partial charge in [0.15, 0.2) is 0 Å². The van der Waals surface area contributed by atoms with Crippen molar-refractivity contribution in [3.63, 3.8) is 0 Å². The molecule has 4 N–H and O–H groups in total. The van der Waals surface area contributed by atoms with Crippen molar-refractivity contribution in [2.75, 3.05) is 31.3 Å². The van der Waals surface area contributed by atoms with Crippen LogP contribution in [0.15, 0.2) is 66.7 Å². The number of alkyl halides is 3. The van der Waals surface area contributed by atoms with Gasteiger partial charge in [0.25, 0.3) is 0 Å². The molecule has 3 aromatic carbocycles. The summed E-state index contributed by atoms with van der Waals surface area (Å²) in [4.78, 5) is 36.6. The first-order chi connectivity index (χ1) is 21.9. The van der Waals surface area contributed by atoms with Crippen LogP contribution < -0.4 is 20.9 Å². The van der Waals surface area contributed by atoms with E-state index in [-0.39, 0.29) is 37.6 Å². The van der Waals surface area contributed by atoms with Crippen LogP contribution in [0.4, 0.5) is 24.5 Å². The Morgan fingerprint density at radius 1 is 0.717 bits per heavy atom. The van der Waals surface area contributed by atoms with E-state index in [1.54, 1.807) is 49.4 Å². The van der Waals surface area contributed by atoms with E-state index in [0.717, 1.165) is 18.4 Å². The number of nitrogen functional groups attached to an aromatic ring is 2. The number of hydrogen-bond donors (Lipinski definition) is 2. The molecule has 3 rings (SSSR count). The van der Waals surface area contributed by atoms with E-state index in [0.29, 0.717) is 41.1 Å². The van der Waals surface area contributed by atoms with Gasteiger partial charge in [-0.25, -0.2) is 14.4 Å². The Kier molecular flexibility index (Phi) is 13.5. The monoisotopic (exact) mass is 642 g/mol. The molecule has 12 heteroatoms. The van der Waals surface area contributed by atoms with Crippen LogP contribution in [-0.2, 0) is 14.3 Å². The number of unbranched alkanes of at least 4 members (excludes halogenated alkanes) is 3. The molecule has 0 bridgehead atoms. The molecule has 46 heavy (non-hydrogen) atoms. The summed E-state index contributed by atoms with van der Waals surface area (Å²) in [6, 6.07) is 15.5. The van der Waals surface area contributed by atoms with Gasteiger partial charge in [-0.3, -0.25) is 0 Å². The lowest BCUT2D eigenvalue weighted by Gasteiger charge is -2.09. The van der Waals surface area contributed by atoms with E-state index in [9.17, 15) is 27.6 Å². The molecule has 0 aliphatic heterocycles. The van der Waals surface area contributed by atoms with Crippen molar-refractivity contribution in [1.29, 1.82) is 0 Å². The van der Waals surface area contributed by atoms with Crippen molar-refractivity contribution in [1.82, 2.24) is 0 Å². The molecular weight excluding hydrogens is 605 g/mol. The Morgan fingerprint density at radius 2 is 1.30 bits per heavy atom. The fourth-order valence-corrected chi connectivity index (χ4v) is 4.03. The highest BCUT2D eigenvalue weighted by atomic mass is 19.4. The predicted octanol–water partition coefficient (Wildman–Crippen LogP) is 7.07. The number of carbonyl (C=O) groups excluding carboxylic acids is 3. The van der Waals surface area contributed by atoms with Gasteiger partial charge in [0, 0.05) is 23.9 Å². The third-order valence-corrected chi connectivity index (χ3v) is 6.71. The van der Waals surface area contributed by atoms with Crippen LogP contribution in [0.3, 0.4) is 0 Å². The van der Waals surface area contributed by atoms with Gasteiger partial charge in [0.1, 0.15) is 11.5 Å². The highest BCUT2D eigenvalue weighted by molar-refractivity contribution is 5.92. The number of carbonyl (C=O) groups is 3. The highest BCUT2D eigenvalue weighted by Crippen LogP contribution is 2.23. The van der Waals surface area contributed by atoms with Gasteiger partial charge in [-0.2, -0.15) is 13.2 Å². The number of halogens is 3. The summed E-state index contributed by atoms with van der Waals surface area (Å²) in [5, 5.41) is 0. The first kappa shape index (κ1) is 35.5. The maximum atomic E-state index is 12.4. The summed E-state index contributed by atoms with van der Waals surface area (Å²) in [7, 11) is 0. The Morgan fingerprint density at radius 3 is 1.91 bits per heavy atom. The van der Waals surface area contributed by atoms with Gasteiger partial charge in [-0.1, -0.05) is 12.1 Å². The lowest BCUT2D eigenvalue weighted by molar-refractivity contribution is -0.138. The SMILES string of the molecule is Cc1c(N)cc(C(=O)OCCCCCCOC(=O)/C=C/c2ccc(OC(=O)c3ccc(OCCCC(F)(F)F)cc3)cc2)cc1N. The second-order valence-electron chi connectivity index (χ2n) is 10.4. The number of benzene rings is 3. The Labute approximate surface area is 265 Å². The van der Waals surface area contributed by atoms with E-state index in [1.165, 1.54) is 30.3 Å². The summed E-state index contributed by atoms with van der Waals surface area (Å²) in [5.41, 5.74) is 14.5. The topological polar surface area (TPSA) is 140 Å². The normalized spacial score (nSPS) is 11.3. The first-order valence-electron chi connectivity index (χ1n) is 14.7. The summed E-state index contributed by atoms with van der Waals surface area (Å²) >= 11 is 0. The number of rotatable bonds is 16. The standard InChI is InChI=1S/C34H37F3N2O7/c1-23-29(38)21-26(22-30(23)39)32(41)45-19-5-3-2-4-18-44-31(40)16-9-24-7-12-28(13-8-24)46-33(42)25-10-14-27(15-11-25)43-20-6-17-34(35,36)37/h7-16,21-22H,2-6,17-20,38-39H2,1H3/b16-9+. The molecule has 0 fully saturated rings. The van der Waals surface area contributed by atoms with Gasteiger partial charge < -0.3 is 30.4 Å². The summed E-state index contributed by atoms with van der Waals surface area (Å²) in [6.07, 6.45) is 0.487.